The minimum atomic E-state index is -0.395. The molecule has 0 fully saturated rings. The Bertz CT molecular complexity index is 585. The first-order chi connectivity index (χ1) is 11.1. The molecule has 2 aromatic rings. The largest absolute Gasteiger partial charge is 0.393 e. The van der Waals surface area contributed by atoms with Crippen molar-refractivity contribution in [2.75, 3.05) is 6.54 Å². The molecular weight excluding hydrogens is 288 g/mol. The van der Waals surface area contributed by atoms with E-state index in [-0.39, 0.29) is 11.8 Å². The van der Waals surface area contributed by atoms with E-state index in [4.69, 9.17) is 0 Å². The van der Waals surface area contributed by atoms with Gasteiger partial charge < -0.3 is 10.4 Å². The SMILES string of the molecule is CC(O)CC(CNC(=O)CCc1ccncc1)c1ccccc1. The Morgan fingerprint density at radius 1 is 1.17 bits per heavy atom. The monoisotopic (exact) mass is 312 g/mol. The van der Waals surface area contributed by atoms with Gasteiger partial charge >= 0.3 is 0 Å². The average Bonchev–Trinajstić information content (AvgIpc) is 2.58. The van der Waals surface area contributed by atoms with Gasteiger partial charge in [0.1, 0.15) is 0 Å². The summed E-state index contributed by atoms with van der Waals surface area (Å²) >= 11 is 0. The molecule has 0 aliphatic carbocycles. The number of aromatic nitrogens is 1. The van der Waals surface area contributed by atoms with Gasteiger partial charge in [-0.05, 0) is 43.0 Å². The van der Waals surface area contributed by atoms with Crippen LogP contribution in [0.2, 0.25) is 0 Å². The van der Waals surface area contributed by atoms with Gasteiger partial charge in [0, 0.05) is 31.3 Å². The highest BCUT2D eigenvalue weighted by atomic mass is 16.3. The Morgan fingerprint density at radius 3 is 2.52 bits per heavy atom. The van der Waals surface area contributed by atoms with Crippen LogP contribution in [0.15, 0.2) is 54.9 Å². The predicted molar refractivity (Wildman–Crippen MR) is 91.0 cm³/mol. The lowest BCUT2D eigenvalue weighted by Crippen LogP contribution is -2.29. The maximum atomic E-state index is 12.0. The lowest BCUT2D eigenvalue weighted by atomic mass is 9.93. The van der Waals surface area contributed by atoms with Gasteiger partial charge in [0.05, 0.1) is 6.10 Å². The number of hydrogen-bond acceptors (Lipinski definition) is 3. The molecule has 1 heterocycles. The summed E-state index contributed by atoms with van der Waals surface area (Å²) in [5.41, 5.74) is 2.25. The number of amides is 1. The third-order valence-electron chi connectivity index (χ3n) is 3.83. The second-order valence-electron chi connectivity index (χ2n) is 5.85. The first kappa shape index (κ1) is 17.2. The van der Waals surface area contributed by atoms with Gasteiger partial charge in [-0.2, -0.15) is 0 Å². The summed E-state index contributed by atoms with van der Waals surface area (Å²) in [5.74, 6) is 0.161. The number of hydrogen-bond donors (Lipinski definition) is 2. The number of carbonyl (C=O) groups excluding carboxylic acids is 1. The van der Waals surface area contributed by atoms with Crippen LogP contribution in [0.1, 0.15) is 36.8 Å². The summed E-state index contributed by atoms with van der Waals surface area (Å²) in [7, 11) is 0. The third-order valence-corrected chi connectivity index (χ3v) is 3.83. The number of nitrogens with one attached hydrogen (secondary N) is 1. The Kier molecular flexibility index (Phi) is 6.76. The summed E-state index contributed by atoms with van der Waals surface area (Å²) in [6.45, 7) is 2.32. The Balaban J connectivity index is 1.84. The molecule has 0 spiro atoms. The molecule has 4 heteroatoms. The topological polar surface area (TPSA) is 62.2 Å². The molecule has 4 nitrogen and oxygen atoms in total. The fourth-order valence-corrected chi connectivity index (χ4v) is 2.61. The molecule has 0 aliphatic rings. The van der Waals surface area contributed by atoms with Crippen molar-refractivity contribution in [2.45, 2.75) is 38.2 Å². The number of aliphatic hydroxyl groups is 1. The van der Waals surface area contributed by atoms with E-state index in [1.54, 1.807) is 19.3 Å². The van der Waals surface area contributed by atoms with Crippen molar-refractivity contribution >= 4 is 5.91 Å². The van der Waals surface area contributed by atoms with Gasteiger partial charge in [-0.3, -0.25) is 9.78 Å². The fraction of sp³-hybridized carbons (Fsp3) is 0.368. The van der Waals surface area contributed by atoms with Gasteiger partial charge in [0.15, 0.2) is 0 Å². The first-order valence-corrected chi connectivity index (χ1v) is 8.03. The van der Waals surface area contributed by atoms with E-state index in [0.29, 0.717) is 25.8 Å². The van der Waals surface area contributed by atoms with Crippen LogP contribution in [-0.2, 0) is 11.2 Å². The maximum absolute atomic E-state index is 12.0. The zero-order chi connectivity index (χ0) is 16.5. The van der Waals surface area contributed by atoms with Crippen molar-refractivity contribution in [2.24, 2.45) is 0 Å². The number of nitrogens with zero attached hydrogens (tertiary/aromatic N) is 1. The highest BCUT2D eigenvalue weighted by Gasteiger charge is 2.15. The van der Waals surface area contributed by atoms with E-state index in [2.05, 4.69) is 10.3 Å². The van der Waals surface area contributed by atoms with E-state index in [1.165, 1.54) is 0 Å². The molecule has 122 valence electrons. The van der Waals surface area contributed by atoms with E-state index in [9.17, 15) is 9.90 Å². The number of benzene rings is 1. The van der Waals surface area contributed by atoms with Gasteiger partial charge in [-0.15, -0.1) is 0 Å². The molecule has 2 rings (SSSR count). The lowest BCUT2D eigenvalue weighted by Gasteiger charge is -2.19. The van der Waals surface area contributed by atoms with Crippen molar-refractivity contribution < 1.29 is 9.90 Å². The molecule has 2 unspecified atom stereocenters. The minimum absolute atomic E-state index is 0.0355. The summed E-state index contributed by atoms with van der Waals surface area (Å²) < 4.78 is 0. The summed E-state index contributed by atoms with van der Waals surface area (Å²) in [6.07, 6.45) is 4.88. The number of rotatable bonds is 8. The van der Waals surface area contributed by atoms with Gasteiger partial charge in [0.2, 0.25) is 5.91 Å². The highest BCUT2D eigenvalue weighted by Crippen LogP contribution is 2.20. The summed E-state index contributed by atoms with van der Waals surface area (Å²) in [6, 6.07) is 13.9. The molecular formula is C19H24N2O2. The molecule has 0 saturated heterocycles. The normalized spacial score (nSPS) is 13.3. The van der Waals surface area contributed by atoms with E-state index in [0.717, 1.165) is 11.1 Å². The maximum Gasteiger partial charge on any atom is 0.220 e. The zero-order valence-electron chi connectivity index (χ0n) is 13.5. The van der Waals surface area contributed by atoms with Crippen LogP contribution in [0.3, 0.4) is 0 Å². The number of carbonyl (C=O) groups is 1. The van der Waals surface area contributed by atoms with Crippen molar-refractivity contribution in [1.82, 2.24) is 10.3 Å². The molecule has 0 radical (unpaired) electrons. The standard InChI is InChI=1S/C19H24N2O2/c1-15(22)13-18(17-5-3-2-4-6-17)14-21-19(23)8-7-16-9-11-20-12-10-16/h2-6,9-12,15,18,22H,7-8,13-14H2,1H3,(H,21,23). The molecule has 2 N–H and O–H groups in total. The molecule has 0 aliphatic heterocycles. The van der Waals surface area contributed by atoms with Crippen LogP contribution in [0, 0.1) is 0 Å². The molecule has 1 aromatic heterocycles. The van der Waals surface area contributed by atoms with E-state index >= 15 is 0 Å². The van der Waals surface area contributed by atoms with Crippen molar-refractivity contribution in [1.29, 1.82) is 0 Å². The highest BCUT2D eigenvalue weighted by molar-refractivity contribution is 5.76. The van der Waals surface area contributed by atoms with Gasteiger partial charge in [-0.1, -0.05) is 30.3 Å². The molecule has 0 saturated carbocycles. The van der Waals surface area contributed by atoms with Crippen LogP contribution < -0.4 is 5.32 Å². The van der Waals surface area contributed by atoms with Crippen LogP contribution in [0.5, 0.6) is 0 Å². The fourth-order valence-electron chi connectivity index (χ4n) is 2.61. The van der Waals surface area contributed by atoms with Crippen LogP contribution >= 0.6 is 0 Å². The smallest absolute Gasteiger partial charge is 0.220 e. The van der Waals surface area contributed by atoms with Crippen LogP contribution in [0.25, 0.3) is 0 Å². The third kappa shape index (κ3) is 6.20. The molecule has 1 aromatic carbocycles. The van der Waals surface area contributed by atoms with E-state index in [1.807, 2.05) is 42.5 Å². The Hall–Kier alpha value is -2.20. The van der Waals surface area contributed by atoms with Gasteiger partial charge in [-0.25, -0.2) is 0 Å². The van der Waals surface area contributed by atoms with Crippen molar-refractivity contribution in [3.63, 3.8) is 0 Å². The number of pyridine rings is 1. The average molecular weight is 312 g/mol. The van der Waals surface area contributed by atoms with Crippen molar-refractivity contribution in [3.8, 4) is 0 Å². The van der Waals surface area contributed by atoms with Crippen molar-refractivity contribution in [3.05, 3.63) is 66.0 Å². The predicted octanol–water partition coefficient (Wildman–Crippen LogP) is 2.69. The summed E-state index contributed by atoms with van der Waals surface area (Å²) in [4.78, 5) is 16.0. The molecule has 0 bridgehead atoms. The Labute approximate surface area is 137 Å². The zero-order valence-corrected chi connectivity index (χ0v) is 13.5. The molecule has 2 atom stereocenters. The lowest BCUT2D eigenvalue weighted by molar-refractivity contribution is -0.121. The first-order valence-electron chi connectivity index (χ1n) is 8.03. The second-order valence-corrected chi connectivity index (χ2v) is 5.85. The van der Waals surface area contributed by atoms with Crippen LogP contribution in [-0.4, -0.2) is 28.6 Å². The van der Waals surface area contributed by atoms with Gasteiger partial charge in [0.25, 0.3) is 0 Å². The molecule has 1 amide bonds. The summed E-state index contributed by atoms with van der Waals surface area (Å²) in [5, 5.41) is 12.7. The molecule has 23 heavy (non-hydrogen) atoms. The van der Waals surface area contributed by atoms with Crippen LogP contribution in [0.4, 0.5) is 0 Å². The number of aryl methyl sites for hydroxylation is 1. The second kappa shape index (κ2) is 9.06. The quantitative estimate of drug-likeness (QED) is 0.788. The van der Waals surface area contributed by atoms with E-state index < -0.39 is 6.10 Å². The number of aliphatic hydroxyl groups excluding tert-OH is 1. The Morgan fingerprint density at radius 2 is 1.87 bits per heavy atom. The minimum Gasteiger partial charge on any atom is -0.393 e.